The number of aromatic nitrogens is 6. The molecule has 0 aliphatic rings. The number of benzene rings is 1. The molecule has 0 radical (unpaired) electrons. The summed E-state index contributed by atoms with van der Waals surface area (Å²) in [4.78, 5) is 7.96. The third-order valence-electron chi connectivity index (χ3n) is 3.10. The van der Waals surface area contributed by atoms with Gasteiger partial charge in [-0.3, -0.25) is 0 Å². The number of nitrogens with zero attached hydrogens (tertiary/aromatic N) is 6. The summed E-state index contributed by atoms with van der Waals surface area (Å²) in [6.07, 6.45) is -4.62. The van der Waals surface area contributed by atoms with Crippen molar-refractivity contribution < 1.29 is 13.2 Å². The van der Waals surface area contributed by atoms with Gasteiger partial charge >= 0.3 is 6.18 Å². The third-order valence-corrected chi connectivity index (χ3v) is 4.18. The predicted octanol–water partition coefficient (Wildman–Crippen LogP) is 2.58. The molecule has 1 aromatic carbocycles. The fraction of sp³-hybridized carbons (Fsp3) is 0.154. The van der Waals surface area contributed by atoms with Crippen molar-refractivity contribution in [1.82, 2.24) is 30.2 Å². The number of halogens is 4. The van der Waals surface area contributed by atoms with Crippen molar-refractivity contribution in [2.75, 3.05) is 11.5 Å². The second-order valence-corrected chi connectivity index (χ2v) is 6.33. The van der Waals surface area contributed by atoms with Crippen LogP contribution in [-0.4, -0.2) is 30.2 Å². The Balaban J connectivity index is 1.92. The SMILES string of the molecule is Nc1cc(N)nc(SCc2nnnn2-c2ccc(Cl)cc2C(F)(F)F)n1. The Hall–Kier alpha value is -2.60. The van der Waals surface area contributed by atoms with Gasteiger partial charge in [-0.15, -0.1) is 5.10 Å². The molecule has 136 valence electrons. The summed E-state index contributed by atoms with van der Waals surface area (Å²) in [5, 5.41) is 11.1. The molecule has 0 amide bonds. The van der Waals surface area contributed by atoms with Crippen LogP contribution in [-0.2, 0) is 11.9 Å². The van der Waals surface area contributed by atoms with Gasteiger partial charge in [-0.05, 0) is 28.6 Å². The molecule has 0 spiro atoms. The van der Waals surface area contributed by atoms with E-state index in [-0.39, 0.29) is 39.1 Å². The highest BCUT2D eigenvalue weighted by molar-refractivity contribution is 7.98. The lowest BCUT2D eigenvalue weighted by Gasteiger charge is -2.13. The van der Waals surface area contributed by atoms with Gasteiger partial charge in [0, 0.05) is 11.1 Å². The first-order chi connectivity index (χ1) is 12.2. The molecule has 3 rings (SSSR count). The minimum absolute atomic E-state index is 0.0475. The molecular weight excluding hydrogens is 393 g/mol. The van der Waals surface area contributed by atoms with Crippen molar-refractivity contribution in [2.24, 2.45) is 0 Å². The fourth-order valence-electron chi connectivity index (χ4n) is 2.06. The van der Waals surface area contributed by atoms with Gasteiger partial charge < -0.3 is 11.5 Å². The number of alkyl halides is 3. The van der Waals surface area contributed by atoms with Crippen LogP contribution in [0.1, 0.15) is 11.4 Å². The fourth-order valence-corrected chi connectivity index (χ4v) is 3.01. The lowest BCUT2D eigenvalue weighted by Crippen LogP contribution is -2.13. The first-order valence-corrected chi connectivity index (χ1v) is 8.27. The molecule has 0 aliphatic heterocycles. The molecular formula is C13H10ClF3N8S. The van der Waals surface area contributed by atoms with Crippen molar-refractivity contribution in [1.29, 1.82) is 0 Å². The number of thioether (sulfide) groups is 1. The molecule has 2 aromatic heterocycles. The topological polar surface area (TPSA) is 121 Å². The molecule has 4 N–H and O–H groups in total. The van der Waals surface area contributed by atoms with Gasteiger partial charge in [-0.2, -0.15) is 17.9 Å². The number of anilines is 2. The maximum absolute atomic E-state index is 13.3. The van der Waals surface area contributed by atoms with Crippen LogP contribution in [0.25, 0.3) is 5.69 Å². The quantitative estimate of drug-likeness (QED) is 0.504. The minimum Gasteiger partial charge on any atom is -0.383 e. The van der Waals surface area contributed by atoms with Gasteiger partial charge in [0.05, 0.1) is 17.0 Å². The van der Waals surface area contributed by atoms with Crippen LogP contribution in [0.15, 0.2) is 29.4 Å². The van der Waals surface area contributed by atoms with Crippen LogP contribution >= 0.6 is 23.4 Å². The predicted molar refractivity (Wildman–Crippen MR) is 89.6 cm³/mol. The van der Waals surface area contributed by atoms with Gasteiger partial charge in [0.1, 0.15) is 11.6 Å². The van der Waals surface area contributed by atoms with Crippen molar-refractivity contribution in [2.45, 2.75) is 17.1 Å². The van der Waals surface area contributed by atoms with E-state index in [1.807, 2.05) is 0 Å². The van der Waals surface area contributed by atoms with E-state index in [1.54, 1.807) is 0 Å². The number of nitrogen functional groups attached to an aromatic ring is 2. The molecule has 0 bridgehead atoms. The number of hydrogen-bond acceptors (Lipinski definition) is 8. The van der Waals surface area contributed by atoms with E-state index in [1.165, 1.54) is 18.2 Å². The molecule has 0 saturated carbocycles. The molecule has 0 fully saturated rings. The molecule has 26 heavy (non-hydrogen) atoms. The summed E-state index contributed by atoms with van der Waals surface area (Å²) in [5.41, 5.74) is 9.98. The molecule has 2 heterocycles. The van der Waals surface area contributed by atoms with Crippen LogP contribution < -0.4 is 11.5 Å². The van der Waals surface area contributed by atoms with E-state index in [9.17, 15) is 13.2 Å². The second kappa shape index (κ2) is 6.96. The summed E-state index contributed by atoms with van der Waals surface area (Å²) in [5.74, 6) is 0.608. The molecule has 0 aliphatic carbocycles. The Morgan fingerprint density at radius 1 is 1.12 bits per heavy atom. The van der Waals surface area contributed by atoms with Crippen molar-refractivity contribution >= 4 is 35.0 Å². The Bertz CT molecular complexity index is 925. The third kappa shape index (κ3) is 3.96. The van der Waals surface area contributed by atoms with Crippen LogP contribution in [0.2, 0.25) is 5.02 Å². The largest absolute Gasteiger partial charge is 0.418 e. The lowest BCUT2D eigenvalue weighted by atomic mass is 10.1. The first-order valence-electron chi connectivity index (χ1n) is 6.91. The standard InChI is InChI=1S/C13H10ClF3N8S/c14-6-1-2-8(7(3-6)13(15,16)17)25-11(22-23-24-25)5-26-12-20-9(18)4-10(19)21-12/h1-4H,5H2,(H4,18,19,20,21). The highest BCUT2D eigenvalue weighted by Gasteiger charge is 2.35. The summed E-state index contributed by atoms with van der Waals surface area (Å²) in [6.45, 7) is 0. The van der Waals surface area contributed by atoms with Gasteiger partial charge in [0.2, 0.25) is 0 Å². The first kappa shape index (κ1) is 18.2. The number of tetrazole rings is 1. The minimum atomic E-state index is -4.62. The maximum Gasteiger partial charge on any atom is 0.418 e. The van der Waals surface area contributed by atoms with E-state index >= 15 is 0 Å². The molecule has 13 heteroatoms. The normalized spacial score (nSPS) is 11.7. The van der Waals surface area contributed by atoms with Crippen LogP contribution in [0.5, 0.6) is 0 Å². The van der Waals surface area contributed by atoms with Gasteiger partial charge in [0.25, 0.3) is 0 Å². The zero-order valence-corrected chi connectivity index (χ0v) is 14.3. The zero-order chi connectivity index (χ0) is 18.9. The monoisotopic (exact) mass is 402 g/mol. The Kier molecular flexibility index (Phi) is 4.87. The van der Waals surface area contributed by atoms with Crippen molar-refractivity contribution in [3.8, 4) is 5.69 Å². The summed E-state index contributed by atoms with van der Waals surface area (Å²) >= 11 is 6.77. The zero-order valence-electron chi connectivity index (χ0n) is 12.8. The second-order valence-electron chi connectivity index (χ2n) is 4.96. The average molecular weight is 403 g/mol. The summed E-state index contributed by atoms with van der Waals surface area (Å²) in [7, 11) is 0. The maximum atomic E-state index is 13.3. The van der Waals surface area contributed by atoms with Crippen LogP contribution in [0.4, 0.5) is 24.8 Å². The number of nitrogens with two attached hydrogens (primary N) is 2. The van der Waals surface area contributed by atoms with E-state index < -0.39 is 11.7 Å². The lowest BCUT2D eigenvalue weighted by molar-refractivity contribution is -0.137. The van der Waals surface area contributed by atoms with E-state index in [0.717, 1.165) is 22.5 Å². The molecule has 0 unspecified atom stereocenters. The van der Waals surface area contributed by atoms with Gasteiger partial charge in [-0.1, -0.05) is 23.4 Å². The Morgan fingerprint density at radius 2 is 1.81 bits per heavy atom. The van der Waals surface area contributed by atoms with Crippen LogP contribution in [0, 0.1) is 0 Å². The molecule has 8 nitrogen and oxygen atoms in total. The summed E-state index contributed by atoms with van der Waals surface area (Å²) in [6, 6.07) is 4.73. The van der Waals surface area contributed by atoms with Gasteiger partial charge in [-0.25, -0.2) is 9.97 Å². The number of hydrogen-bond donors (Lipinski definition) is 2. The van der Waals surface area contributed by atoms with Gasteiger partial charge in [0.15, 0.2) is 11.0 Å². The average Bonchev–Trinajstić information content (AvgIpc) is 2.99. The van der Waals surface area contributed by atoms with Crippen molar-refractivity contribution in [3.05, 3.63) is 40.7 Å². The van der Waals surface area contributed by atoms with Crippen molar-refractivity contribution in [3.63, 3.8) is 0 Å². The summed E-state index contributed by atoms with van der Waals surface area (Å²) < 4.78 is 40.9. The molecule has 3 aromatic rings. The van der Waals surface area contributed by atoms with E-state index in [2.05, 4.69) is 25.5 Å². The van der Waals surface area contributed by atoms with E-state index in [4.69, 9.17) is 23.1 Å². The number of rotatable bonds is 4. The van der Waals surface area contributed by atoms with Crippen LogP contribution in [0.3, 0.4) is 0 Å². The Morgan fingerprint density at radius 3 is 2.46 bits per heavy atom. The highest BCUT2D eigenvalue weighted by atomic mass is 35.5. The Labute approximate surface area is 153 Å². The highest BCUT2D eigenvalue weighted by Crippen LogP contribution is 2.35. The smallest absolute Gasteiger partial charge is 0.383 e. The molecule has 0 atom stereocenters. The molecule has 0 saturated heterocycles. The van der Waals surface area contributed by atoms with E-state index in [0.29, 0.717) is 0 Å².